The molecule has 30 heavy (non-hydrogen) atoms. The first kappa shape index (κ1) is 20.7. The number of aryl methyl sites for hydroxylation is 3. The first-order chi connectivity index (χ1) is 14.3. The number of amides is 1. The number of anilines is 1. The fourth-order valence-electron chi connectivity index (χ4n) is 3.66. The van der Waals surface area contributed by atoms with Crippen molar-refractivity contribution >= 4 is 32.6 Å². The van der Waals surface area contributed by atoms with E-state index in [2.05, 4.69) is 18.0 Å². The van der Waals surface area contributed by atoms with Crippen LogP contribution in [0.1, 0.15) is 35.2 Å². The quantitative estimate of drug-likeness (QED) is 0.626. The van der Waals surface area contributed by atoms with E-state index in [-0.39, 0.29) is 24.1 Å². The molecule has 2 aromatic heterocycles. The second kappa shape index (κ2) is 8.28. The van der Waals surface area contributed by atoms with Gasteiger partial charge in [-0.2, -0.15) is 0 Å². The van der Waals surface area contributed by atoms with E-state index in [9.17, 15) is 9.59 Å². The molecule has 0 bridgehead atoms. The Balaban J connectivity index is 1.70. The third kappa shape index (κ3) is 3.89. The average Bonchev–Trinajstić information content (AvgIpc) is 3.39. The highest BCUT2D eigenvalue weighted by molar-refractivity contribution is 7.22. The first-order valence-corrected chi connectivity index (χ1v) is 11.0. The fraction of sp³-hybridized carbons (Fsp3) is 0.455. The molecular formula is C22H26N4O3S. The van der Waals surface area contributed by atoms with Gasteiger partial charge in [0.2, 0.25) is 5.91 Å². The summed E-state index contributed by atoms with van der Waals surface area (Å²) in [7, 11) is 0. The Bertz CT molecular complexity index is 1120. The molecule has 7 nitrogen and oxygen atoms in total. The molecule has 0 radical (unpaired) electrons. The lowest BCUT2D eigenvalue weighted by molar-refractivity contribution is -0.119. The maximum absolute atomic E-state index is 13.3. The Labute approximate surface area is 179 Å². The monoisotopic (exact) mass is 426 g/mol. The number of fused-ring (bicyclic) bond motifs is 1. The Morgan fingerprint density at radius 2 is 2.03 bits per heavy atom. The Hall–Kier alpha value is -2.58. The van der Waals surface area contributed by atoms with Gasteiger partial charge in [0.25, 0.3) is 5.56 Å². The van der Waals surface area contributed by atoms with E-state index < -0.39 is 0 Å². The molecule has 1 saturated heterocycles. The zero-order chi connectivity index (χ0) is 21.4. The number of thiazole rings is 1. The number of benzene rings is 1. The average molecular weight is 427 g/mol. The molecule has 158 valence electrons. The molecule has 1 aliphatic heterocycles. The molecule has 3 heterocycles. The van der Waals surface area contributed by atoms with Crippen LogP contribution in [0, 0.1) is 27.7 Å². The molecule has 1 amide bonds. The summed E-state index contributed by atoms with van der Waals surface area (Å²) in [4.78, 5) is 36.6. The molecule has 0 spiro atoms. The first-order valence-electron chi connectivity index (χ1n) is 10.2. The molecule has 0 aliphatic carbocycles. The summed E-state index contributed by atoms with van der Waals surface area (Å²) in [6.07, 6.45) is 3.33. The highest BCUT2D eigenvalue weighted by atomic mass is 32.1. The Morgan fingerprint density at radius 1 is 1.27 bits per heavy atom. The summed E-state index contributed by atoms with van der Waals surface area (Å²) in [5.41, 5.74) is 4.18. The highest BCUT2D eigenvalue weighted by Gasteiger charge is 2.27. The van der Waals surface area contributed by atoms with Crippen molar-refractivity contribution in [2.45, 2.75) is 53.2 Å². The van der Waals surface area contributed by atoms with E-state index in [0.717, 1.165) is 34.2 Å². The van der Waals surface area contributed by atoms with Crippen molar-refractivity contribution in [2.24, 2.45) is 0 Å². The number of ether oxygens (including phenoxy) is 1. The molecule has 1 aromatic carbocycles. The summed E-state index contributed by atoms with van der Waals surface area (Å²) < 4.78 is 8.24. The lowest BCUT2D eigenvalue weighted by Gasteiger charge is -2.23. The van der Waals surface area contributed by atoms with Gasteiger partial charge in [-0.3, -0.25) is 19.1 Å². The standard InChI is InChI=1S/C22H26N4O3S/c1-13-7-8-14(2)20-19(13)24-22(30-20)26(10-17-6-5-9-29-17)18(27)11-25-12-23-16(4)15(3)21(25)28/h7-8,12,17H,5-6,9-11H2,1-4H3. The van der Waals surface area contributed by atoms with E-state index in [4.69, 9.17) is 9.72 Å². The fourth-order valence-corrected chi connectivity index (χ4v) is 4.80. The lowest BCUT2D eigenvalue weighted by Crippen LogP contribution is -2.41. The van der Waals surface area contributed by atoms with Crippen LogP contribution < -0.4 is 10.5 Å². The minimum atomic E-state index is -0.191. The van der Waals surface area contributed by atoms with Crippen molar-refractivity contribution in [3.05, 3.63) is 51.2 Å². The minimum Gasteiger partial charge on any atom is -0.376 e. The largest absolute Gasteiger partial charge is 0.376 e. The molecule has 0 N–H and O–H groups in total. The van der Waals surface area contributed by atoms with Crippen molar-refractivity contribution in [1.82, 2.24) is 14.5 Å². The summed E-state index contributed by atoms with van der Waals surface area (Å²) in [5, 5.41) is 0.646. The summed E-state index contributed by atoms with van der Waals surface area (Å²) >= 11 is 1.51. The number of hydrogen-bond acceptors (Lipinski definition) is 6. The maximum Gasteiger partial charge on any atom is 0.256 e. The van der Waals surface area contributed by atoms with Crippen LogP contribution in [-0.4, -0.2) is 39.7 Å². The van der Waals surface area contributed by atoms with Crippen LogP contribution in [0.3, 0.4) is 0 Å². The second-order valence-corrected chi connectivity index (χ2v) is 8.88. The van der Waals surface area contributed by atoms with Crippen molar-refractivity contribution < 1.29 is 9.53 Å². The predicted octanol–water partition coefficient (Wildman–Crippen LogP) is 3.30. The minimum absolute atomic E-state index is 0.0160. The predicted molar refractivity (Wildman–Crippen MR) is 118 cm³/mol. The Kier molecular flexibility index (Phi) is 5.71. The van der Waals surface area contributed by atoms with E-state index in [0.29, 0.717) is 29.5 Å². The summed E-state index contributed by atoms with van der Waals surface area (Å²) in [6, 6.07) is 4.12. The van der Waals surface area contributed by atoms with Crippen LogP contribution in [0.4, 0.5) is 5.13 Å². The van der Waals surface area contributed by atoms with E-state index >= 15 is 0 Å². The molecule has 3 aromatic rings. The topological polar surface area (TPSA) is 77.3 Å². The SMILES string of the molecule is Cc1ncn(CC(=O)N(CC2CCCO2)c2nc3c(C)ccc(C)c3s2)c(=O)c1C. The van der Waals surface area contributed by atoms with Crippen LogP contribution in [0.5, 0.6) is 0 Å². The Morgan fingerprint density at radius 3 is 2.73 bits per heavy atom. The van der Waals surface area contributed by atoms with E-state index in [1.165, 1.54) is 22.2 Å². The smallest absolute Gasteiger partial charge is 0.256 e. The van der Waals surface area contributed by atoms with Gasteiger partial charge in [-0.1, -0.05) is 23.5 Å². The van der Waals surface area contributed by atoms with Gasteiger partial charge >= 0.3 is 0 Å². The van der Waals surface area contributed by atoms with Crippen LogP contribution in [-0.2, 0) is 16.1 Å². The van der Waals surface area contributed by atoms with Gasteiger partial charge < -0.3 is 4.74 Å². The third-order valence-corrected chi connectivity index (χ3v) is 6.91. The number of hydrogen-bond donors (Lipinski definition) is 0. The molecule has 1 unspecified atom stereocenters. The van der Waals surface area contributed by atoms with Crippen LogP contribution >= 0.6 is 11.3 Å². The molecule has 1 atom stereocenters. The zero-order valence-corrected chi connectivity index (χ0v) is 18.6. The highest BCUT2D eigenvalue weighted by Crippen LogP contribution is 2.33. The number of rotatable bonds is 5. The van der Waals surface area contributed by atoms with Crippen LogP contribution in [0.15, 0.2) is 23.3 Å². The molecule has 1 aliphatic rings. The third-order valence-electron chi connectivity index (χ3n) is 5.69. The zero-order valence-electron chi connectivity index (χ0n) is 17.8. The molecule has 1 fully saturated rings. The van der Waals surface area contributed by atoms with Crippen LogP contribution in [0.2, 0.25) is 0 Å². The normalized spacial score (nSPS) is 16.3. The van der Waals surface area contributed by atoms with Gasteiger partial charge in [0, 0.05) is 17.9 Å². The van der Waals surface area contributed by atoms with Crippen molar-refractivity contribution in [1.29, 1.82) is 0 Å². The number of carbonyl (C=O) groups is 1. The number of carbonyl (C=O) groups excluding carboxylic acids is 1. The van der Waals surface area contributed by atoms with E-state index in [1.54, 1.807) is 18.7 Å². The van der Waals surface area contributed by atoms with Gasteiger partial charge in [-0.15, -0.1) is 0 Å². The summed E-state index contributed by atoms with van der Waals surface area (Å²) in [5.74, 6) is -0.188. The van der Waals surface area contributed by atoms with Crippen LogP contribution in [0.25, 0.3) is 10.2 Å². The molecule has 0 saturated carbocycles. The lowest BCUT2D eigenvalue weighted by atomic mass is 10.1. The van der Waals surface area contributed by atoms with Crippen molar-refractivity contribution in [3.8, 4) is 0 Å². The number of nitrogens with zero attached hydrogens (tertiary/aromatic N) is 4. The van der Waals surface area contributed by atoms with Gasteiger partial charge in [-0.25, -0.2) is 9.97 Å². The van der Waals surface area contributed by atoms with Crippen molar-refractivity contribution in [2.75, 3.05) is 18.1 Å². The van der Waals surface area contributed by atoms with Gasteiger partial charge in [0.05, 0.1) is 29.2 Å². The summed E-state index contributed by atoms with van der Waals surface area (Å²) in [6.45, 7) is 8.67. The molecule has 4 rings (SSSR count). The van der Waals surface area contributed by atoms with Gasteiger partial charge in [-0.05, 0) is 51.7 Å². The van der Waals surface area contributed by atoms with Gasteiger partial charge in [0.1, 0.15) is 6.54 Å². The van der Waals surface area contributed by atoms with Gasteiger partial charge in [0.15, 0.2) is 5.13 Å². The maximum atomic E-state index is 13.3. The van der Waals surface area contributed by atoms with E-state index in [1.807, 2.05) is 13.0 Å². The molecule has 8 heteroatoms. The second-order valence-electron chi connectivity index (χ2n) is 7.90. The number of aromatic nitrogens is 3. The van der Waals surface area contributed by atoms with Crippen molar-refractivity contribution in [3.63, 3.8) is 0 Å². The molecular weight excluding hydrogens is 400 g/mol.